The number of benzene rings is 1. The summed E-state index contributed by atoms with van der Waals surface area (Å²) in [5.41, 5.74) is 1.27. The van der Waals surface area contributed by atoms with Crippen molar-refractivity contribution in [1.29, 1.82) is 10.8 Å². The summed E-state index contributed by atoms with van der Waals surface area (Å²) in [5, 5.41) is 22.6. The number of methoxy groups -OCH3 is 2. The van der Waals surface area contributed by atoms with Crippen molar-refractivity contribution in [2.24, 2.45) is 0 Å². The highest BCUT2D eigenvalue weighted by molar-refractivity contribution is 5.92. The Kier molecular flexibility index (Phi) is 7.58. The van der Waals surface area contributed by atoms with Crippen molar-refractivity contribution in [3.05, 3.63) is 17.6 Å². The predicted octanol–water partition coefficient (Wildman–Crippen LogP) is 2.98. The summed E-state index contributed by atoms with van der Waals surface area (Å²) in [5.74, 6) is 1.66. The Labute approximate surface area is 173 Å². The standard InChI is InChI=1S/C20H30N6O3.2H2/c1-12(2)24-18(27)8-6-7-9-23-20-19(22)26(13(3)21)15-11-17(29-5)16(28-4)10-14(15)25-20;;/h10-12,21-22H,6-9H2,1-5H3,(H,23,25)(H,24,27);2*1H. The molecule has 4 N–H and O–H groups in total. The molecule has 0 fully saturated rings. The van der Waals surface area contributed by atoms with Crippen molar-refractivity contribution in [1.82, 2.24) is 14.9 Å². The monoisotopic (exact) mass is 406 g/mol. The summed E-state index contributed by atoms with van der Waals surface area (Å²) in [6, 6.07) is 3.59. The smallest absolute Gasteiger partial charge is 0.220 e. The predicted molar refractivity (Wildman–Crippen MR) is 117 cm³/mol. The van der Waals surface area contributed by atoms with E-state index in [2.05, 4.69) is 15.6 Å². The van der Waals surface area contributed by atoms with E-state index in [0.29, 0.717) is 41.3 Å². The van der Waals surface area contributed by atoms with Crippen LogP contribution in [0.4, 0.5) is 5.82 Å². The van der Waals surface area contributed by atoms with Crippen molar-refractivity contribution in [2.75, 3.05) is 26.1 Å². The molecule has 1 aromatic carbocycles. The molecule has 0 saturated heterocycles. The van der Waals surface area contributed by atoms with Gasteiger partial charge in [0.1, 0.15) is 5.84 Å². The number of nitrogens with zero attached hydrogens (tertiary/aromatic N) is 2. The Morgan fingerprint density at radius 3 is 2.48 bits per heavy atom. The molecule has 1 aromatic heterocycles. The third kappa shape index (κ3) is 5.46. The van der Waals surface area contributed by atoms with Gasteiger partial charge in [0.05, 0.1) is 25.3 Å². The normalized spacial score (nSPS) is 10.8. The van der Waals surface area contributed by atoms with Crippen LogP contribution >= 0.6 is 0 Å². The molecule has 0 radical (unpaired) electrons. The fourth-order valence-electron chi connectivity index (χ4n) is 3.01. The molecule has 162 valence electrons. The summed E-state index contributed by atoms with van der Waals surface area (Å²) in [4.78, 5) is 16.2. The van der Waals surface area contributed by atoms with Crippen LogP contribution in [-0.4, -0.2) is 48.1 Å². The van der Waals surface area contributed by atoms with Crippen LogP contribution in [0.15, 0.2) is 12.1 Å². The average molecular weight is 407 g/mol. The fraction of sp³-hybridized carbons (Fsp3) is 0.500. The van der Waals surface area contributed by atoms with Crippen LogP contribution in [0.25, 0.3) is 11.0 Å². The molecular formula is C20H34N6O3. The second kappa shape index (κ2) is 9.90. The Balaban J connectivity index is 0.00000450. The molecule has 9 nitrogen and oxygen atoms in total. The van der Waals surface area contributed by atoms with Gasteiger partial charge in [0, 0.05) is 34.0 Å². The third-order valence-corrected chi connectivity index (χ3v) is 4.31. The molecule has 9 heteroatoms. The summed E-state index contributed by atoms with van der Waals surface area (Å²) in [7, 11) is 3.09. The van der Waals surface area contributed by atoms with Crippen LogP contribution in [0.5, 0.6) is 11.5 Å². The molecule has 1 amide bonds. The Morgan fingerprint density at radius 1 is 1.24 bits per heavy atom. The fourth-order valence-corrected chi connectivity index (χ4v) is 3.01. The lowest BCUT2D eigenvalue weighted by molar-refractivity contribution is -0.121. The van der Waals surface area contributed by atoms with Crippen molar-refractivity contribution < 1.29 is 17.1 Å². The number of hydrogen-bond acceptors (Lipinski definition) is 7. The van der Waals surface area contributed by atoms with Gasteiger partial charge in [0.25, 0.3) is 0 Å². The van der Waals surface area contributed by atoms with Gasteiger partial charge >= 0.3 is 0 Å². The van der Waals surface area contributed by atoms with Crippen LogP contribution < -0.4 is 25.6 Å². The van der Waals surface area contributed by atoms with E-state index in [1.54, 1.807) is 26.2 Å². The molecule has 0 aliphatic rings. The third-order valence-electron chi connectivity index (χ3n) is 4.31. The maximum atomic E-state index is 11.7. The molecule has 0 bridgehead atoms. The van der Waals surface area contributed by atoms with Gasteiger partial charge in [-0.3, -0.25) is 20.2 Å². The van der Waals surface area contributed by atoms with Gasteiger partial charge in [-0.2, -0.15) is 0 Å². The number of aromatic nitrogens is 2. The molecule has 0 spiro atoms. The first-order valence-corrected chi connectivity index (χ1v) is 9.60. The van der Waals surface area contributed by atoms with E-state index in [-0.39, 0.29) is 26.1 Å². The summed E-state index contributed by atoms with van der Waals surface area (Å²) < 4.78 is 12.2. The van der Waals surface area contributed by atoms with Crippen LogP contribution in [-0.2, 0) is 4.79 Å². The van der Waals surface area contributed by atoms with Gasteiger partial charge in [0.2, 0.25) is 5.91 Å². The lowest BCUT2D eigenvalue weighted by Gasteiger charge is -2.16. The topological polar surface area (TPSA) is 125 Å². The van der Waals surface area contributed by atoms with E-state index in [9.17, 15) is 4.79 Å². The lowest BCUT2D eigenvalue weighted by atomic mass is 10.2. The molecule has 0 atom stereocenters. The number of carbonyl (C=O) groups is 1. The van der Waals surface area contributed by atoms with Gasteiger partial charge in [-0.25, -0.2) is 4.98 Å². The van der Waals surface area contributed by atoms with Crippen LogP contribution in [0, 0.1) is 10.8 Å². The van der Waals surface area contributed by atoms with Gasteiger partial charge in [-0.1, -0.05) is 0 Å². The zero-order valence-electron chi connectivity index (χ0n) is 17.7. The largest absolute Gasteiger partial charge is 0.493 e. The number of nitrogens with one attached hydrogen (secondary N) is 4. The number of unbranched alkanes of at least 4 members (excludes halogenated alkanes) is 1. The second-order valence-electron chi connectivity index (χ2n) is 7.03. The second-order valence-corrected chi connectivity index (χ2v) is 7.03. The zero-order valence-corrected chi connectivity index (χ0v) is 17.7. The molecule has 2 rings (SSSR count). The summed E-state index contributed by atoms with van der Waals surface area (Å²) >= 11 is 0. The first-order valence-electron chi connectivity index (χ1n) is 9.60. The molecule has 0 unspecified atom stereocenters. The number of hydrogen-bond donors (Lipinski definition) is 4. The summed E-state index contributed by atoms with van der Waals surface area (Å²) in [6.07, 6.45) is 1.97. The molecular weight excluding hydrogens is 372 g/mol. The molecule has 1 heterocycles. The first kappa shape index (κ1) is 22.2. The quantitative estimate of drug-likeness (QED) is 0.289. The van der Waals surface area contributed by atoms with E-state index in [4.69, 9.17) is 20.3 Å². The van der Waals surface area contributed by atoms with E-state index < -0.39 is 0 Å². The molecule has 0 aliphatic heterocycles. The minimum atomic E-state index is 0. The van der Waals surface area contributed by atoms with Gasteiger partial charge in [-0.15, -0.1) is 0 Å². The Bertz CT molecular complexity index is 962. The summed E-state index contributed by atoms with van der Waals surface area (Å²) in [6.45, 7) is 6.06. The first-order chi connectivity index (χ1) is 13.8. The van der Waals surface area contributed by atoms with Gasteiger partial charge in [0.15, 0.2) is 22.8 Å². The average Bonchev–Trinajstić information content (AvgIpc) is 2.66. The number of ether oxygens (including phenoxy) is 2. The van der Waals surface area contributed by atoms with E-state index >= 15 is 0 Å². The Hall–Kier alpha value is -3.10. The van der Waals surface area contributed by atoms with Gasteiger partial charge < -0.3 is 20.1 Å². The zero-order chi connectivity index (χ0) is 21.6. The van der Waals surface area contributed by atoms with Crippen molar-refractivity contribution >= 4 is 28.6 Å². The highest BCUT2D eigenvalue weighted by Gasteiger charge is 2.14. The number of rotatable bonds is 9. The molecule has 29 heavy (non-hydrogen) atoms. The highest BCUT2D eigenvalue weighted by atomic mass is 16.5. The maximum Gasteiger partial charge on any atom is 0.220 e. The molecule has 2 aromatic rings. The van der Waals surface area contributed by atoms with Crippen LogP contribution in [0.1, 0.15) is 42.9 Å². The lowest BCUT2D eigenvalue weighted by Crippen LogP contribution is -2.30. The minimum Gasteiger partial charge on any atom is -0.493 e. The van der Waals surface area contributed by atoms with Crippen molar-refractivity contribution in [2.45, 2.75) is 46.1 Å². The van der Waals surface area contributed by atoms with E-state index in [1.807, 2.05) is 13.8 Å². The number of amides is 1. The number of anilines is 1. The van der Waals surface area contributed by atoms with Crippen molar-refractivity contribution in [3.63, 3.8) is 0 Å². The Morgan fingerprint density at radius 2 is 1.90 bits per heavy atom. The highest BCUT2D eigenvalue weighted by Crippen LogP contribution is 2.31. The van der Waals surface area contributed by atoms with Crippen LogP contribution in [0.3, 0.4) is 0 Å². The van der Waals surface area contributed by atoms with E-state index in [1.165, 1.54) is 11.7 Å². The minimum absolute atomic E-state index is 0. The van der Waals surface area contributed by atoms with Gasteiger partial charge in [-0.05, 0) is 33.6 Å². The SMILES string of the molecule is COc1cc2nc(NCCCCC(=O)NC(C)C)c(=N)n(C(C)=N)c2cc1OC.[HH].[HH]. The van der Waals surface area contributed by atoms with E-state index in [0.717, 1.165) is 12.8 Å². The number of fused-ring (bicyclic) bond motifs is 1. The maximum absolute atomic E-state index is 11.7. The molecule has 0 saturated carbocycles. The molecule has 0 aliphatic carbocycles. The van der Waals surface area contributed by atoms with Crippen LogP contribution in [0.2, 0.25) is 0 Å². The van der Waals surface area contributed by atoms with Crippen molar-refractivity contribution in [3.8, 4) is 11.5 Å². The number of carbonyl (C=O) groups excluding carboxylic acids is 1.